The first-order chi connectivity index (χ1) is 16.2. The standard InChI is InChI=1S/C25H27N3O4S/c1-2-11-28-24(30)18-6-3-4-7-19(18)26-25(28)33-16-23(29)27-12-5-8-20(27)17-9-10-21-22(15-17)32-14-13-31-21/h3-4,6-7,9-10,15,20H,2,5,8,11-14,16H2,1H3/t20-/m0/s1. The third-order valence-corrected chi connectivity index (χ3v) is 7.08. The average molecular weight is 466 g/mol. The molecule has 0 bridgehead atoms. The summed E-state index contributed by atoms with van der Waals surface area (Å²) in [5.74, 6) is 1.81. The number of amides is 1. The molecule has 3 aromatic rings. The molecule has 0 radical (unpaired) electrons. The number of ether oxygens (including phenoxy) is 2. The van der Waals surface area contributed by atoms with Crippen LogP contribution in [0.4, 0.5) is 0 Å². The van der Waals surface area contributed by atoms with Crippen molar-refractivity contribution in [1.29, 1.82) is 0 Å². The van der Waals surface area contributed by atoms with Gasteiger partial charge < -0.3 is 14.4 Å². The summed E-state index contributed by atoms with van der Waals surface area (Å²) in [6.45, 7) is 4.44. The third kappa shape index (κ3) is 4.31. The molecule has 0 aliphatic carbocycles. The number of para-hydroxylation sites is 1. The Morgan fingerprint density at radius 3 is 2.82 bits per heavy atom. The maximum absolute atomic E-state index is 13.2. The molecule has 33 heavy (non-hydrogen) atoms. The van der Waals surface area contributed by atoms with E-state index in [1.54, 1.807) is 10.6 Å². The quantitative estimate of drug-likeness (QED) is 0.404. The highest BCUT2D eigenvalue weighted by atomic mass is 32.2. The topological polar surface area (TPSA) is 73.7 Å². The van der Waals surface area contributed by atoms with Crippen LogP contribution in [0.25, 0.3) is 10.9 Å². The van der Waals surface area contributed by atoms with Crippen molar-refractivity contribution in [3.05, 3.63) is 58.4 Å². The van der Waals surface area contributed by atoms with Crippen LogP contribution in [-0.2, 0) is 11.3 Å². The number of hydrogen-bond acceptors (Lipinski definition) is 6. The van der Waals surface area contributed by atoms with Gasteiger partial charge in [-0.05, 0) is 49.1 Å². The Bertz CT molecular complexity index is 1240. The SMILES string of the molecule is CCCn1c(SCC(=O)N2CCC[C@H]2c2ccc3c(c2)OCCO3)nc2ccccc2c1=O. The van der Waals surface area contributed by atoms with E-state index < -0.39 is 0 Å². The molecule has 172 valence electrons. The molecule has 2 aliphatic heterocycles. The first kappa shape index (κ1) is 21.8. The minimum atomic E-state index is -0.0484. The Labute approximate surface area is 196 Å². The van der Waals surface area contributed by atoms with Gasteiger partial charge in [-0.2, -0.15) is 0 Å². The number of thioether (sulfide) groups is 1. The molecule has 8 heteroatoms. The van der Waals surface area contributed by atoms with Crippen molar-refractivity contribution in [3.8, 4) is 11.5 Å². The van der Waals surface area contributed by atoms with Gasteiger partial charge in [0, 0.05) is 13.1 Å². The maximum atomic E-state index is 13.2. The summed E-state index contributed by atoms with van der Waals surface area (Å²) in [4.78, 5) is 32.9. The summed E-state index contributed by atoms with van der Waals surface area (Å²) in [7, 11) is 0. The third-order valence-electron chi connectivity index (χ3n) is 6.12. The molecule has 2 aliphatic rings. The van der Waals surface area contributed by atoms with Crippen molar-refractivity contribution < 1.29 is 14.3 Å². The molecular formula is C25H27N3O4S. The van der Waals surface area contributed by atoms with Crippen LogP contribution in [0.15, 0.2) is 52.4 Å². The fraction of sp³-hybridized carbons (Fsp3) is 0.400. The fourth-order valence-corrected chi connectivity index (χ4v) is 5.48. The van der Waals surface area contributed by atoms with Gasteiger partial charge in [-0.25, -0.2) is 4.98 Å². The van der Waals surface area contributed by atoms with Crippen LogP contribution >= 0.6 is 11.8 Å². The Morgan fingerprint density at radius 1 is 1.15 bits per heavy atom. The molecule has 1 fully saturated rings. The van der Waals surface area contributed by atoms with Crippen LogP contribution in [-0.4, -0.2) is 45.9 Å². The number of carbonyl (C=O) groups excluding carboxylic acids is 1. The van der Waals surface area contributed by atoms with Gasteiger partial charge in [0.05, 0.1) is 22.7 Å². The normalized spacial score (nSPS) is 17.5. The minimum Gasteiger partial charge on any atom is -0.486 e. The smallest absolute Gasteiger partial charge is 0.262 e. The van der Waals surface area contributed by atoms with Gasteiger partial charge >= 0.3 is 0 Å². The summed E-state index contributed by atoms with van der Waals surface area (Å²) in [5.41, 5.74) is 1.69. The molecule has 0 unspecified atom stereocenters. The number of nitrogens with zero attached hydrogens (tertiary/aromatic N) is 3. The van der Waals surface area contributed by atoms with Crippen LogP contribution in [0.5, 0.6) is 11.5 Å². The van der Waals surface area contributed by atoms with Gasteiger partial charge in [0.25, 0.3) is 5.56 Å². The van der Waals surface area contributed by atoms with Gasteiger partial charge in [-0.3, -0.25) is 14.2 Å². The second-order valence-electron chi connectivity index (χ2n) is 8.31. The van der Waals surface area contributed by atoms with Gasteiger partial charge in [0.2, 0.25) is 5.91 Å². The van der Waals surface area contributed by atoms with Gasteiger partial charge in [0.15, 0.2) is 16.7 Å². The fourth-order valence-electron chi connectivity index (χ4n) is 4.57. The summed E-state index contributed by atoms with van der Waals surface area (Å²) >= 11 is 1.35. The van der Waals surface area contributed by atoms with Crippen LogP contribution in [0.1, 0.15) is 37.8 Å². The lowest BCUT2D eigenvalue weighted by Gasteiger charge is -2.26. The Hall–Kier alpha value is -3.00. The van der Waals surface area contributed by atoms with E-state index >= 15 is 0 Å². The molecular weight excluding hydrogens is 438 g/mol. The Kier molecular flexibility index (Phi) is 6.26. The first-order valence-corrected chi connectivity index (χ1v) is 12.5. The van der Waals surface area contributed by atoms with Crippen molar-refractivity contribution >= 4 is 28.6 Å². The highest BCUT2D eigenvalue weighted by molar-refractivity contribution is 7.99. The first-order valence-electron chi connectivity index (χ1n) is 11.5. The van der Waals surface area contributed by atoms with Crippen LogP contribution in [0, 0.1) is 0 Å². The highest BCUT2D eigenvalue weighted by Crippen LogP contribution is 2.38. The number of rotatable bonds is 6. The van der Waals surface area contributed by atoms with Crippen molar-refractivity contribution in [3.63, 3.8) is 0 Å². The number of carbonyl (C=O) groups is 1. The van der Waals surface area contributed by atoms with E-state index in [1.165, 1.54) is 11.8 Å². The molecule has 0 saturated carbocycles. The van der Waals surface area contributed by atoms with Crippen LogP contribution in [0.3, 0.4) is 0 Å². The molecule has 1 aromatic heterocycles. The van der Waals surface area contributed by atoms with E-state index in [1.807, 2.05) is 48.2 Å². The minimum absolute atomic E-state index is 0.0244. The Balaban J connectivity index is 1.35. The zero-order chi connectivity index (χ0) is 22.8. The predicted molar refractivity (Wildman–Crippen MR) is 128 cm³/mol. The molecule has 1 saturated heterocycles. The van der Waals surface area contributed by atoms with Crippen molar-refractivity contribution in [2.45, 2.75) is 43.9 Å². The van der Waals surface area contributed by atoms with E-state index in [-0.39, 0.29) is 23.3 Å². The van der Waals surface area contributed by atoms with Gasteiger partial charge in [0.1, 0.15) is 13.2 Å². The van der Waals surface area contributed by atoms with Crippen molar-refractivity contribution in [1.82, 2.24) is 14.5 Å². The molecule has 1 atom stereocenters. The summed E-state index contributed by atoms with van der Waals surface area (Å²) < 4.78 is 13.1. The number of fused-ring (bicyclic) bond motifs is 2. The lowest BCUT2D eigenvalue weighted by atomic mass is 10.0. The van der Waals surface area contributed by atoms with E-state index in [2.05, 4.69) is 0 Å². The highest BCUT2D eigenvalue weighted by Gasteiger charge is 2.31. The molecule has 3 heterocycles. The van der Waals surface area contributed by atoms with Crippen LogP contribution in [0.2, 0.25) is 0 Å². The summed E-state index contributed by atoms with van der Waals surface area (Å²) in [6, 6.07) is 13.4. The predicted octanol–water partition coefficient (Wildman–Crippen LogP) is 4.03. The maximum Gasteiger partial charge on any atom is 0.262 e. The van der Waals surface area contributed by atoms with Gasteiger partial charge in [-0.1, -0.05) is 36.9 Å². The molecule has 2 aromatic carbocycles. The second-order valence-corrected chi connectivity index (χ2v) is 9.25. The summed E-state index contributed by atoms with van der Waals surface area (Å²) in [6.07, 6.45) is 2.70. The number of aromatic nitrogens is 2. The number of likely N-dealkylation sites (tertiary alicyclic amines) is 1. The van der Waals surface area contributed by atoms with E-state index in [0.717, 1.165) is 42.9 Å². The molecule has 7 nitrogen and oxygen atoms in total. The number of hydrogen-bond donors (Lipinski definition) is 0. The zero-order valence-corrected chi connectivity index (χ0v) is 19.5. The van der Waals surface area contributed by atoms with Gasteiger partial charge in [-0.15, -0.1) is 0 Å². The second kappa shape index (κ2) is 9.47. The van der Waals surface area contributed by atoms with E-state index in [0.29, 0.717) is 35.8 Å². The van der Waals surface area contributed by atoms with E-state index in [4.69, 9.17) is 14.5 Å². The van der Waals surface area contributed by atoms with Crippen molar-refractivity contribution in [2.24, 2.45) is 0 Å². The van der Waals surface area contributed by atoms with Crippen LogP contribution < -0.4 is 15.0 Å². The lowest BCUT2D eigenvalue weighted by molar-refractivity contribution is -0.129. The largest absolute Gasteiger partial charge is 0.486 e. The monoisotopic (exact) mass is 465 g/mol. The van der Waals surface area contributed by atoms with Crippen molar-refractivity contribution in [2.75, 3.05) is 25.5 Å². The summed E-state index contributed by atoms with van der Waals surface area (Å²) in [5, 5.41) is 1.21. The molecule has 1 amide bonds. The number of benzene rings is 2. The lowest BCUT2D eigenvalue weighted by Crippen LogP contribution is -2.32. The zero-order valence-electron chi connectivity index (χ0n) is 18.7. The Morgan fingerprint density at radius 2 is 1.97 bits per heavy atom. The average Bonchev–Trinajstić information content (AvgIpc) is 3.34. The molecule has 5 rings (SSSR count). The molecule has 0 spiro atoms. The van der Waals surface area contributed by atoms with E-state index in [9.17, 15) is 9.59 Å². The molecule has 0 N–H and O–H groups in total.